The van der Waals surface area contributed by atoms with Crippen molar-refractivity contribution >= 4 is 15.9 Å². The van der Waals surface area contributed by atoms with Gasteiger partial charge in [0.2, 0.25) is 15.9 Å². The van der Waals surface area contributed by atoms with Gasteiger partial charge in [-0.15, -0.1) is 0 Å². The van der Waals surface area contributed by atoms with Gasteiger partial charge in [0.25, 0.3) is 0 Å². The molecule has 5 nitrogen and oxygen atoms in total. The molecule has 1 aromatic carbocycles. The molecule has 0 fully saturated rings. The molecular weight excluding hydrogens is 288 g/mol. The van der Waals surface area contributed by atoms with Gasteiger partial charge in [-0.05, 0) is 25.8 Å². The number of sulfonamides is 1. The number of amides is 1. The Labute approximate surface area is 127 Å². The van der Waals surface area contributed by atoms with Crippen molar-refractivity contribution in [1.82, 2.24) is 9.62 Å². The minimum absolute atomic E-state index is 0.0401. The van der Waals surface area contributed by atoms with Crippen LogP contribution in [0, 0.1) is 6.92 Å². The second-order valence-electron chi connectivity index (χ2n) is 5.39. The number of hydrogen-bond acceptors (Lipinski definition) is 3. The number of aryl methyl sites for hydroxylation is 1. The fraction of sp³-hybridized carbons (Fsp3) is 0.533. The first-order valence-corrected chi connectivity index (χ1v) is 8.87. The van der Waals surface area contributed by atoms with Gasteiger partial charge in [0.1, 0.15) is 0 Å². The first-order chi connectivity index (χ1) is 9.72. The fourth-order valence-corrected chi connectivity index (χ4v) is 2.51. The Hall–Kier alpha value is -1.40. The highest BCUT2D eigenvalue weighted by molar-refractivity contribution is 7.88. The topological polar surface area (TPSA) is 66.5 Å². The van der Waals surface area contributed by atoms with Gasteiger partial charge in [-0.1, -0.05) is 36.8 Å². The predicted octanol–water partition coefficient (Wildman–Crippen LogP) is 1.67. The van der Waals surface area contributed by atoms with Gasteiger partial charge in [-0.2, -0.15) is 4.31 Å². The van der Waals surface area contributed by atoms with Crippen LogP contribution in [-0.2, 0) is 21.4 Å². The van der Waals surface area contributed by atoms with E-state index in [4.69, 9.17) is 0 Å². The van der Waals surface area contributed by atoms with Crippen molar-refractivity contribution in [2.75, 3.05) is 12.8 Å². The molecule has 1 atom stereocenters. The Balaban J connectivity index is 2.78. The zero-order valence-electron chi connectivity index (χ0n) is 13.1. The van der Waals surface area contributed by atoms with Crippen molar-refractivity contribution in [3.05, 3.63) is 35.4 Å². The molecule has 0 saturated heterocycles. The lowest BCUT2D eigenvalue weighted by Crippen LogP contribution is -2.42. The summed E-state index contributed by atoms with van der Waals surface area (Å²) < 4.78 is 24.9. The van der Waals surface area contributed by atoms with Crippen molar-refractivity contribution < 1.29 is 13.2 Å². The second kappa shape index (κ2) is 7.56. The summed E-state index contributed by atoms with van der Waals surface area (Å²) in [5.41, 5.74) is 1.97. The van der Waals surface area contributed by atoms with Gasteiger partial charge in [0.05, 0.1) is 12.8 Å². The van der Waals surface area contributed by atoms with E-state index in [0.29, 0.717) is 0 Å². The quantitative estimate of drug-likeness (QED) is 0.833. The zero-order valence-corrected chi connectivity index (χ0v) is 13.9. The van der Waals surface area contributed by atoms with E-state index in [-0.39, 0.29) is 25.0 Å². The number of rotatable bonds is 7. The van der Waals surface area contributed by atoms with Crippen LogP contribution in [0.4, 0.5) is 0 Å². The SMILES string of the molecule is CC[C@H](C)NC(=O)CN(Cc1ccc(C)cc1)S(C)(=O)=O. The van der Waals surface area contributed by atoms with Crippen molar-refractivity contribution in [3.8, 4) is 0 Å². The highest BCUT2D eigenvalue weighted by Crippen LogP contribution is 2.09. The van der Waals surface area contributed by atoms with Crippen LogP contribution in [0.5, 0.6) is 0 Å². The Morgan fingerprint density at radius 1 is 1.29 bits per heavy atom. The molecule has 118 valence electrons. The Kier molecular flexibility index (Phi) is 6.36. The summed E-state index contributed by atoms with van der Waals surface area (Å²) in [6, 6.07) is 7.64. The molecular formula is C15H24N2O3S. The molecule has 0 heterocycles. The maximum atomic E-state index is 11.9. The van der Waals surface area contributed by atoms with E-state index >= 15 is 0 Å². The highest BCUT2D eigenvalue weighted by Gasteiger charge is 2.21. The van der Waals surface area contributed by atoms with Crippen LogP contribution >= 0.6 is 0 Å². The van der Waals surface area contributed by atoms with Crippen LogP contribution in [0.3, 0.4) is 0 Å². The monoisotopic (exact) mass is 312 g/mol. The molecule has 0 aliphatic rings. The van der Waals surface area contributed by atoms with Crippen molar-refractivity contribution in [2.45, 2.75) is 39.8 Å². The smallest absolute Gasteiger partial charge is 0.235 e. The third kappa shape index (κ3) is 6.27. The molecule has 1 aromatic rings. The zero-order chi connectivity index (χ0) is 16.0. The van der Waals surface area contributed by atoms with E-state index in [1.807, 2.05) is 45.0 Å². The average Bonchev–Trinajstić information content (AvgIpc) is 2.39. The molecule has 0 aliphatic heterocycles. The van der Waals surface area contributed by atoms with E-state index in [1.54, 1.807) is 0 Å². The molecule has 6 heteroatoms. The first-order valence-electron chi connectivity index (χ1n) is 7.02. The molecule has 0 unspecified atom stereocenters. The van der Waals surface area contributed by atoms with Gasteiger partial charge in [0.15, 0.2) is 0 Å². The number of benzene rings is 1. The van der Waals surface area contributed by atoms with Crippen molar-refractivity contribution in [2.24, 2.45) is 0 Å². The maximum absolute atomic E-state index is 11.9. The van der Waals surface area contributed by atoms with Crippen LogP contribution in [0.25, 0.3) is 0 Å². The van der Waals surface area contributed by atoms with Crippen molar-refractivity contribution in [3.63, 3.8) is 0 Å². The Morgan fingerprint density at radius 3 is 2.33 bits per heavy atom. The standard InChI is InChI=1S/C15H24N2O3S/c1-5-13(3)16-15(18)11-17(21(4,19)20)10-14-8-6-12(2)7-9-14/h6-9,13H,5,10-11H2,1-4H3,(H,16,18)/t13-/m0/s1. The van der Waals surface area contributed by atoms with Gasteiger partial charge in [0, 0.05) is 12.6 Å². The van der Waals surface area contributed by atoms with Crippen LogP contribution in [0.15, 0.2) is 24.3 Å². The normalized spacial score (nSPS) is 13.2. The lowest BCUT2D eigenvalue weighted by molar-refractivity contribution is -0.122. The third-order valence-electron chi connectivity index (χ3n) is 3.29. The lowest BCUT2D eigenvalue weighted by atomic mass is 10.1. The van der Waals surface area contributed by atoms with Gasteiger partial charge in [-0.3, -0.25) is 4.79 Å². The van der Waals surface area contributed by atoms with E-state index < -0.39 is 10.0 Å². The van der Waals surface area contributed by atoms with Crippen LogP contribution < -0.4 is 5.32 Å². The lowest BCUT2D eigenvalue weighted by Gasteiger charge is -2.21. The van der Waals surface area contributed by atoms with Crippen LogP contribution in [0.2, 0.25) is 0 Å². The molecule has 21 heavy (non-hydrogen) atoms. The van der Waals surface area contributed by atoms with Crippen LogP contribution in [0.1, 0.15) is 31.4 Å². The second-order valence-corrected chi connectivity index (χ2v) is 7.38. The van der Waals surface area contributed by atoms with Crippen molar-refractivity contribution in [1.29, 1.82) is 0 Å². The summed E-state index contributed by atoms with van der Waals surface area (Å²) in [7, 11) is -3.44. The predicted molar refractivity (Wildman–Crippen MR) is 84.3 cm³/mol. The summed E-state index contributed by atoms with van der Waals surface area (Å²) in [5.74, 6) is -0.276. The summed E-state index contributed by atoms with van der Waals surface area (Å²) in [6.07, 6.45) is 1.93. The number of carbonyl (C=O) groups excluding carboxylic acids is 1. The largest absolute Gasteiger partial charge is 0.353 e. The van der Waals surface area contributed by atoms with E-state index in [2.05, 4.69) is 5.32 Å². The summed E-state index contributed by atoms with van der Waals surface area (Å²) in [5, 5.41) is 2.78. The van der Waals surface area contributed by atoms with E-state index in [1.165, 1.54) is 4.31 Å². The number of nitrogens with one attached hydrogen (secondary N) is 1. The molecule has 0 saturated carbocycles. The van der Waals surface area contributed by atoms with E-state index in [9.17, 15) is 13.2 Å². The summed E-state index contributed by atoms with van der Waals surface area (Å²) >= 11 is 0. The first kappa shape index (κ1) is 17.7. The molecule has 0 aliphatic carbocycles. The van der Waals surface area contributed by atoms with E-state index in [0.717, 1.165) is 23.8 Å². The average molecular weight is 312 g/mol. The van der Waals surface area contributed by atoms with Gasteiger partial charge >= 0.3 is 0 Å². The molecule has 0 radical (unpaired) electrons. The molecule has 1 amide bonds. The number of carbonyl (C=O) groups is 1. The molecule has 1 rings (SSSR count). The fourth-order valence-electron chi connectivity index (χ4n) is 1.77. The Morgan fingerprint density at radius 2 is 1.86 bits per heavy atom. The number of hydrogen-bond donors (Lipinski definition) is 1. The van der Waals surface area contributed by atoms with Gasteiger partial charge in [-0.25, -0.2) is 8.42 Å². The highest BCUT2D eigenvalue weighted by atomic mass is 32.2. The molecule has 1 N–H and O–H groups in total. The Bertz CT molecular complexity index is 567. The minimum Gasteiger partial charge on any atom is -0.353 e. The molecule has 0 spiro atoms. The van der Waals surface area contributed by atoms with Crippen LogP contribution in [-0.4, -0.2) is 37.5 Å². The molecule has 0 bridgehead atoms. The minimum atomic E-state index is -3.44. The third-order valence-corrected chi connectivity index (χ3v) is 4.48. The maximum Gasteiger partial charge on any atom is 0.235 e. The summed E-state index contributed by atoms with van der Waals surface area (Å²) in [6.45, 7) is 5.87. The molecule has 0 aromatic heterocycles. The van der Waals surface area contributed by atoms with Gasteiger partial charge < -0.3 is 5.32 Å². The summed E-state index contributed by atoms with van der Waals surface area (Å²) in [4.78, 5) is 11.9. The number of nitrogens with zero attached hydrogens (tertiary/aromatic N) is 1.